The topological polar surface area (TPSA) is 53.4 Å². The first kappa shape index (κ1) is 22.1. The van der Waals surface area contributed by atoms with Crippen molar-refractivity contribution in [2.24, 2.45) is 0 Å². The van der Waals surface area contributed by atoms with Crippen molar-refractivity contribution >= 4 is 17.5 Å². The Morgan fingerprint density at radius 3 is 2.71 bits per heavy atom. The van der Waals surface area contributed by atoms with Gasteiger partial charge >= 0.3 is 0 Å². The number of nitrogens with zero attached hydrogens (tertiary/aromatic N) is 4. The summed E-state index contributed by atoms with van der Waals surface area (Å²) in [7, 11) is 2.10. The fourth-order valence-corrected chi connectivity index (χ4v) is 4.66. The van der Waals surface area contributed by atoms with Crippen molar-refractivity contribution in [2.45, 2.75) is 38.3 Å². The lowest BCUT2D eigenvalue weighted by Crippen LogP contribution is -2.47. The second kappa shape index (κ2) is 9.98. The lowest BCUT2D eigenvalue weighted by molar-refractivity contribution is 0.0656. The molecule has 31 heavy (non-hydrogen) atoms. The van der Waals surface area contributed by atoms with Gasteiger partial charge in [-0.2, -0.15) is 5.10 Å². The summed E-state index contributed by atoms with van der Waals surface area (Å²) in [5, 5.41) is 9.21. The Balaban J connectivity index is 1.44. The van der Waals surface area contributed by atoms with Crippen LogP contribution in [0.25, 0.3) is 0 Å². The van der Waals surface area contributed by atoms with Gasteiger partial charge in [0.25, 0.3) is 5.91 Å². The average molecular weight is 442 g/mol. The van der Waals surface area contributed by atoms with Crippen molar-refractivity contribution in [3.05, 3.63) is 64.5 Å². The van der Waals surface area contributed by atoms with Gasteiger partial charge in [-0.05, 0) is 57.0 Å². The number of benzene rings is 1. The molecule has 1 saturated heterocycles. The van der Waals surface area contributed by atoms with Crippen molar-refractivity contribution in [3.63, 3.8) is 0 Å². The minimum absolute atomic E-state index is 0.0778. The van der Waals surface area contributed by atoms with Gasteiger partial charge in [0, 0.05) is 48.5 Å². The number of piperazine rings is 1. The van der Waals surface area contributed by atoms with E-state index in [9.17, 15) is 4.79 Å². The molecule has 4 rings (SSSR count). The summed E-state index contributed by atoms with van der Waals surface area (Å²) in [5.41, 5.74) is 4.25. The summed E-state index contributed by atoms with van der Waals surface area (Å²) >= 11 is 5.98. The predicted molar refractivity (Wildman–Crippen MR) is 125 cm³/mol. The Kier molecular flexibility index (Phi) is 7.10. The first-order valence-electron chi connectivity index (χ1n) is 11.2. The smallest absolute Gasteiger partial charge is 0.274 e. The number of hydrogen-bond donors (Lipinski definition) is 1. The average Bonchev–Trinajstić information content (AvgIpc) is 3.13. The summed E-state index contributed by atoms with van der Waals surface area (Å²) in [5.74, 6) is 0.0778. The highest BCUT2D eigenvalue weighted by Crippen LogP contribution is 2.26. The number of hydrogen-bond acceptors (Lipinski definition) is 4. The molecule has 1 fully saturated rings. The van der Waals surface area contributed by atoms with Gasteiger partial charge in [-0.15, -0.1) is 6.58 Å². The number of fused-ring (bicyclic) bond motifs is 1. The highest BCUT2D eigenvalue weighted by Gasteiger charge is 2.31. The van der Waals surface area contributed by atoms with Gasteiger partial charge in [0.15, 0.2) is 5.69 Å². The number of likely N-dealkylation sites (N-methyl/N-ethyl adjacent to an activating group) is 1. The van der Waals surface area contributed by atoms with Crippen LogP contribution in [0.1, 0.15) is 33.7 Å². The lowest BCUT2D eigenvalue weighted by atomic mass is 9.91. The quantitative estimate of drug-likeness (QED) is 0.671. The third-order valence-electron chi connectivity index (χ3n) is 6.40. The molecule has 2 heterocycles. The highest BCUT2D eigenvalue weighted by molar-refractivity contribution is 6.30. The maximum atomic E-state index is 13.3. The van der Waals surface area contributed by atoms with Crippen LogP contribution in [0.15, 0.2) is 36.9 Å². The first-order valence-corrected chi connectivity index (χ1v) is 11.6. The zero-order valence-corrected chi connectivity index (χ0v) is 19.1. The number of carbonyl (C=O) groups excluding carboxylic acids is 1. The molecule has 2 aromatic rings. The van der Waals surface area contributed by atoms with Gasteiger partial charge in [0.1, 0.15) is 0 Å². The second-order valence-electron chi connectivity index (χ2n) is 8.61. The van der Waals surface area contributed by atoms with Crippen LogP contribution in [0.2, 0.25) is 5.02 Å². The number of halogens is 1. The maximum Gasteiger partial charge on any atom is 0.274 e. The lowest BCUT2D eigenvalue weighted by Gasteiger charge is -2.32. The van der Waals surface area contributed by atoms with E-state index < -0.39 is 0 Å². The molecule has 7 heteroatoms. The zero-order chi connectivity index (χ0) is 21.8. The number of carbonyl (C=O) groups is 1. The van der Waals surface area contributed by atoms with E-state index in [4.69, 9.17) is 16.7 Å². The van der Waals surface area contributed by atoms with Gasteiger partial charge in [-0.25, -0.2) is 0 Å². The van der Waals surface area contributed by atoms with E-state index in [2.05, 4.69) is 36.0 Å². The minimum atomic E-state index is 0.0778. The molecule has 0 spiro atoms. The van der Waals surface area contributed by atoms with E-state index in [1.165, 1.54) is 11.3 Å². The van der Waals surface area contributed by atoms with Crippen LogP contribution < -0.4 is 5.32 Å². The van der Waals surface area contributed by atoms with Crippen molar-refractivity contribution in [1.82, 2.24) is 24.9 Å². The SMILES string of the molecule is C=CCn1nc(C(=O)N2CCN(C)CC2)c2c1CCC(NCCc1ccc(Cl)cc1)C2. The van der Waals surface area contributed by atoms with Gasteiger partial charge in [-0.3, -0.25) is 9.48 Å². The van der Waals surface area contributed by atoms with E-state index in [-0.39, 0.29) is 5.91 Å². The fourth-order valence-electron chi connectivity index (χ4n) is 4.54. The monoisotopic (exact) mass is 441 g/mol. The molecule has 6 nitrogen and oxygen atoms in total. The molecule has 166 valence electrons. The van der Waals surface area contributed by atoms with E-state index in [0.29, 0.717) is 18.3 Å². The summed E-state index contributed by atoms with van der Waals surface area (Å²) in [4.78, 5) is 17.5. The highest BCUT2D eigenvalue weighted by atomic mass is 35.5. The third kappa shape index (κ3) is 5.20. The number of aromatic nitrogens is 2. The number of nitrogens with one attached hydrogen (secondary N) is 1. The predicted octanol–water partition coefficient (Wildman–Crippen LogP) is 2.80. The molecule has 0 radical (unpaired) electrons. The molecular formula is C24H32ClN5O. The molecule has 1 unspecified atom stereocenters. The largest absolute Gasteiger partial charge is 0.335 e. The Labute approximate surface area is 189 Å². The molecule has 1 aliphatic heterocycles. The fraction of sp³-hybridized carbons (Fsp3) is 0.500. The Morgan fingerprint density at radius 2 is 2.00 bits per heavy atom. The summed E-state index contributed by atoms with van der Waals surface area (Å²) < 4.78 is 1.98. The normalized spacial score (nSPS) is 19.3. The maximum absolute atomic E-state index is 13.3. The molecule has 1 aromatic carbocycles. The van der Waals surface area contributed by atoms with Crippen LogP contribution in [0.3, 0.4) is 0 Å². The minimum Gasteiger partial charge on any atom is -0.335 e. The van der Waals surface area contributed by atoms with Crippen molar-refractivity contribution < 1.29 is 4.79 Å². The zero-order valence-electron chi connectivity index (χ0n) is 18.3. The van der Waals surface area contributed by atoms with Gasteiger partial charge in [0.05, 0.1) is 6.54 Å². The van der Waals surface area contributed by atoms with Crippen molar-refractivity contribution in [2.75, 3.05) is 39.8 Å². The van der Waals surface area contributed by atoms with E-state index in [0.717, 1.165) is 69.0 Å². The van der Waals surface area contributed by atoms with E-state index in [1.54, 1.807) is 0 Å². The molecule has 1 atom stereocenters. The Bertz CT molecular complexity index is 915. The molecule has 0 bridgehead atoms. The van der Waals surface area contributed by atoms with Crippen LogP contribution >= 0.6 is 11.6 Å². The molecule has 1 N–H and O–H groups in total. The molecule has 1 amide bonds. The molecule has 2 aliphatic rings. The standard InChI is InChI=1S/C24H32ClN5O/c1-3-12-30-22-9-8-20(26-11-10-18-4-6-19(25)7-5-18)17-21(22)23(27-30)24(31)29-15-13-28(2)14-16-29/h3-7,20,26H,1,8-17H2,2H3. The second-order valence-corrected chi connectivity index (χ2v) is 9.05. The first-order chi connectivity index (χ1) is 15.0. The molecule has 1 aliphatic carbocycles. The van der Waals surface area contributed by atoms with Gasteiger partial charge < -0.3 is 15.1 Å². The van der Waals surface area contributed by atoms with Crippen LogP contribution in [0.4, 0.5) is 0 Å². The van der Waals surface area contributed by atoms with Gasteiger partial charge in [0.2, 0.25) is 0 Å². The van der Waals surface area contributed by atoms with Gasteiger partial charge in [-0.1, -0.05) is 29.8 Å². The third-order valence-corrected chi connectivity index (χ3v) is 6.65. The summed E-state index contributed by atoms with van der Waals surface area (Å²) in [6.07, 6.45) is 5.66. The molecular weight excluding hydrogens is 410 g/mol. The number of rotatable bonds is 7. The van der Waals surface area contributed by atoms with Crippen molar-refractivity contribution in [1.29, 1.82) is 0 Å². The number of amides is 1. The number of allylic oxidation sites excluding steroid dienone is 1. The molecule has 1 aromatic heterocycles. The van der Waals surface area contributed by atoms with Crippen LogP contribution in [-0.2, 0) is 25.8 Å². The van der Waals surface area contributed by atoms with E-state index >= 15 is 0 Å². The Hall–Kier alpha value is -2.15. The van der Waals surface area contributed by atoms with Crippen molar-refractivity contribution in [3.8, 4) is 0 Å². The van der Waals surface area contributed by atoms with Crippen LogP contribution in [-0.4, -0.2) is 71.3 Å². The van der Waals surface area contributed by atoms with Crippen LogP contribution in [0, 0.1) is 0 Å². The van der Waals surface area contributed by atoms with E-state index in [1.807, 2.05) is 27.8 Å². The summed E-state index contributed by atoms with van der Waals surface area (Å²) in [6, 6.07) is 8.40. The Morgan fingerprint density at radius 1 is 1.26 bits per heavy atom. The molecule has 0 saturated carbocycles. The van der Waals surface area contributed by atoms with Crippen LogP contribution in [0.5, 0.6) is 0 Å². The summed E-state index contributed by atoms with van der Waals surface area (Å²) in [6.45, 7) is 8.77.